The van der Waals surface area contributed by atoms with Crippen molar-refractivity contribution in [2.75, 3.05) is 21.3 Å². The number of pyridine rings is 2. The molecule has 3 aromatic carbocycles. The van der Waals surface area contributed by atoms with E-state index in [0.717, 1.165) is 33.3 Å². The number of para-hydroxylation sites is 1. The molecule has 0 aliphatic carbocycles. The van der Waals surface area contributed by atoms with E-state index in [9.17, 15) is 9.90 Å². The first kappa shape index (κ1) is 27.1. The van der Waals surface area contributed by atoms with Crippen LogP contribution >= 0.6 is 23.2 Å². The zero-order chi connectivity index (χ0) is 27.2. The molecule has 0 aliphatic rings. The Hall–Kier alpha value is -3.91. The number of halogens is 2. The van der Waals surface area contributed by atoms with E-state index >= 15 is 0 Å². The summed E-state index contributed by atoms with van der Waals surface area (Å²) in [5.41, 5.74) is 3.04. The van der Waals surface area contributed by atoms with Crippen LogP contribution in [0.4, 0.5) is 0 Å². The van der Waals surface area contributed by atoms with Gasteiger partial charge in [-0.1, -0.05) is 41.4 Å². The average molecular weight is 551 g/mol. The molecule has 1 atom stereocenters. The second-order valence-corrected chi connectivity index (χ2v) is 8.83. The molecule has 38 heavy (non-hydrogen) atoms. The lowest BCUT2D eigenvalue weighted by Crippen LogP contribution is -2.04. The van der Waals surface area contributed by atoms with E-state index in [0.29, 0.717) is 28.7 Å². The Morgan fingerprint density at radius 3 is 1.89 bits per heavy atom. The predicted octanol–water partition coefficient (Wildman–Crippen LogP) is 6.70. The Kier molecular flexibility index (Phi) is 8.63. The number of carbonyl (C=O) groups excluding carboxylic acids is 1. The molecule has 5 rings (SSSR count). The van der Waals surface area contributed by atoms with Crippen molar-refractivity contribution in [2.45, 2.75) is 6.10 Å². The number of aliphatic hydroxyl groups excluding tert-OH is 1. The summed E-state index contributed by atoms with van der Waals surface area (Å²) in [5, 5.41) is 12.9. The molecule has 0 fully saturated rings. The van der Waals surface area contributed by atoms with Gasteiger partial charge in [0.05, 0.1) is 37.9 Å². The highest BCUT2D eigenvalue weighted by atomic mass is 35.5. The van der Waals surface area contributed by atoms with Gasteiger partial charge in [-0.15, -0.1) is 0 Å². The smallest absolute Gasteiger partial charge is 0.153 e. The maximum absolute atomic E-state index is 10.7. The highest BCUT2D eigenvalue weighted by Crippen LogP contribution is 2.35. The lowest BCUT2D eigenvalue weighted by atomic mass is 10.0. The molecule has 7 nitrogen and oxygen atoms in total. The topological polar surface area (TPSA) is 90.8 Å². The average Bonchev–Trinajstić information content (AvgIpc) is 2.95. The maximum Gasteiger partial charge on any atom is 0.153 e. The first-order valence-corrected chi connectivity index (χ1v) is 12.2. The maximum atomic E-state index is 10.7. The van der Waals surface area contributed by atoms with Crippen molar-refractivity contribution in [2.24, 2.45) is 0 Å². The van der Waals surface area contributed by atoms with Gasteiger partial charge in [-0.05, 0) is 54.6 Å². The number of benzene rings is 3. The van der Waals surface area contributed by atoms with E-state index in [1.54, 1.807) is 51.7 Å². The number of carbonyl (C=O) groups is 1. The van der Waals surface area contributed by atoms with Gasteiger partial charge in [-0.25, -0.2) is 9.97 Å². The number of nitrogens with zero attached hydrogens (tertiary/aromatic N) is 2. The molecule has 2 aromatic heterocycles. The second-order valence-electron chi connectivity index (χ2n) is 8.12. The second kappa shape index (κ2) is 12.1. The minimum absolute atomic E-state index is 0.225. The van der Waals surface area contributed by atoms with E-state index in [-0.39, 0.29) is 10.3 Å². The van der Waals surface area contributed by atoms with Gasteiger partial charge >= 0.3 is 0 Å². The fourth-order valence-corrected chi connectivity index (χ4v) is 4.32. The number of aromatic nitrogens is 2. The Balaban J connectivity index is 0.000000194. The summed E-state index contributed by atoms with van der Waals surface area (Å²) >= 11 is 12.1. The first-order valence-electron chi connectivity index (χ1n) is 11.4. The quantitative estimate of drug-likeness (QED) is 0.186. The van der Waals surface area contributed by atoms with Crippen molar-refractivity contribution in [3.05, 3.63) is 99.8 Å². The van der Waals surface area contributed by atoms with Gasteiger partial charge in [0.2, 0.25) is 0 Å². The molecule has 2 heterocycles. The number of rotatable bonds is 6. The lowest BCUT2D eigenvalue weighted by Gasteiger charge is -2.16. The minimum Gasteiger partial charge on any atom is -0.497 e. The van der Waals surface area contributed by atoms with Crippen molar-refractivity contribution in [3.63, 3.8) is 0 Å². The number of hydrogen-bond donors (Lipinski definition) is 1. The molecule has 0 radical (unpaired) electrons. The SMILES string of the molecule is COc1ccc2nc(Cl)c(C(O)c3ccccc3OC)cc2c1.COc1ccc2nc(Cl)c(C=O)cc2c1. The fourth-order valence-electron chi connectivity index (χ4n) is 3.88. The normalized spacial score (nSPS) is 11.4. The monoisotopic (exact) mass is 550 g/mol. The summed E-state index contributed by atoms with van der Waals surface area (Å²) in [6.07, 6.45) is -0.240. The number of aldehydes is 1. The largest absolute Gasteiger partial charge is 0.497 e. The molecule has 0 saturated carbocycles. The summed E-state index contributed by atoms with van der Waals surface area (Å²) in [5.74, 6) is 2.05. The molecule has 1 unspecified atom stereocenters. The Morgan fingerprint density at radius 1 is 0.737 bits per heavy atom. The summed E-state index contributed by atoms with van der Waals surface area (Å²) in [6.45, 7) is 0. The molecular weight excluding hydrogens is 527 g/mol. The van der Waals surface area contributed by atoms with Crippen molar-refractivity contribution in [3.8, 4) is 17.2 Å². The van der Waals surface area contributed by atoms with Crippen molar-refractivity contribution in [1.82, 2.24) is 9.97 Å². The lowest BCUT2D eigenvalue weighted by molar-refractivity contribution is 0.112. The van der Waals surface area contributed by atoms with Gasteiger partial charge in [-0.2, -0.15) is 0 Å². The molecule has 5 aromatic rings. The van der Waals surface area contributed by atoms with Crippen molar-refractivity contribution >= 4 is 51.3 Å². The molecule has 0 aliphatic heterocycles. The number of hydrogen-bond acceptors (Lipinski definition) is 7. The van der Waals surface area contributed by atoms with E-state index in [4.69, 9.17) is 37.4 Å². The van der Waals surface area contributed by atoms with Crippen molar-refractivity contribution in [1.29, 1.82) is 0 Å². The van der Waals surface area contributed by atoms with Gasteiger partial charge in [0.15, 0.2) is 6.29 Å². The summed E-state index contributed by atoms with van der Waals surface area (Å²) < 4.78 is 15.6. The zero-order valence-corrected chi connectivity index (χ0v) is 22.3. The third kappa shape index (κ3) is 5.81. The fraction of sp³-hybridized carbons (Fsp3) is 0.138. The van der Waals surface area contributed by atoms with Gasteiger partial charge in [0.25, 0.3) is 0 Å². The molecule has 1 N–H and O–H groups in total. The molecule has 0 bridgehead atoms. The molecule has 0 amide bonds. The van der Waals surface area contributed by atoms with E-state index in [1.165, 1.54) is 0 Å². The molecule has 0 saturated heterocycles. The third-order valence-corrected chi connectivity index (χ3v) is 6.47. The van der Waals surface area contributed by atoms with Crippen LogP contribution in [0.3, 0.4) is 0 Å². The van der Waals surface area contributed by atoms with E-state index in [1.807, 2.05) is 42.5 Å². The number of fused-ring (bicyclic) bond motifs is 2. The van der Waals surface area contributed by atoms with Crippen LogP contribution in [0.1, 0.15) is 27.6 Å². The Morgan fingerprint density at radius 2 is 1.32 bits per heavy atom. The standard InChI is InChI=1S/C18H16ClNO3.C11H8ClNO2/c1-22-12-7-8-15-11(9-12)10-14(18(19)20-15)17(21)13-5-3-4-6-16(13)23-2;1-15-9-2-3-10-7(5-9)4-8(6-14)11(12)13-10/h3-10,17,21H,1-2H3;2-6H,1H3. The van der Waals surface area contributed by atoms with Crippen molar-refractivity contribution < 1.29 is 24.1 Å². The first-order chi connectivity index (χ1) is 18.4. The summed E-state index contributed by atoms with van der Waals surface area (Å²) in [7, 11) is 4.76. The van der Waals surface area contributed by atoms with Crippen LogP contribution < -0.4 is 14.2 Å². The minimum atomic E-state index is -0.929. The Labute approximate surface area is 229 Å². The molecule has 0 spiro atoms. The van der Waals surface area contributed by atoms with Crippen LogP contribution in [0.2, 0.25) is 10.3 Å². The number of aliphatic hydroxyl groups is 1. The van der Waals surface area contributed by atoms with Gasteiger partial charge in [-0.3, -0.25) is 4.79 Å². The van der Waals surface area contributed by atoms with E-state index in [2.05, 4.69) is 9.97 Å². The number of ether oxygens (including phenoxy) is 3. The van der Waals surface area contributed by atoms with E-state index < -0.39 is 6.10 Å². The zero-order valence-electron chi connectivity index (χ0n) is 20.8. The van der Waals surface area contributed by atoms with Crippen LogP contribution in [-0.2, 0) is 0 Å². The van der Waals surface area contributed by atoms with Crippen LogP contribution in [0.25, 0.3) is 21.8 Å². The van der Waals surface area contributed by atoms with Crippen LogP contribution in [0.5, 0.6) is 17.2 Å². The summed E-state index contributed by atoms with van der Waals surface area (Å²) in [4.78, 5) is 19.1. The van der Waals surface area contributed by atoms with Gasteiger partial charge in [0, 0.05) is 21.9 Å². The molecule has 9 heteroatoms. The van der Waals surface area contributed by atoms with Crippen LogP contribution in [0, 0.1) is 0 Å². The van der Waals surface area contributed by atoms with Gasteiger partial charge in [0.1, 0.15) is 33.7 Å². The Bertz CT molecular complexity index is 1610. The van der Waals surface area contributed by atoms with Crippen LogP contribution in [0.15, 0.2) is 72.8 Å². The van der Waals surface area contributed by atoms with Crippen LogP contribution in [-0.4, -0.2) is 42.7 Å². The molecular formula is C29H24Cl2N2O5. The molecule has 194 valence electrons. The number of methoxy groups -OCH3 is 3. The highest BCUT2D eigenvalue weighted by Gasteiger charge is 2.19. The third-order valence-electron chi connectivity index (χ3n) is 5.86. The predicted molar refractivity (Wildman–Crippen MR) is 149 cm³/mol. The highest BCUT2D eigenvalue weighted by molar-refractivity contribution is 6.32. The van der Waals surface area contributed by atoms with Gasteiger partial charge < -0.3 is 19.3 Å². The summed E-state index contributed by atoms with van der Waals surface area (Å²) in [6, 6.07) is 21.7.